The van der Waals surface area contributed by atoms with Gasteiger partial charge < -0.3 is 9.73 Å². The van der Waals surface area contributed by atoms with Crippen LogP contribution in [0.2, 0.25) is 0 Å². The zero-order valence-corrected chi connectivity index (χ0v) is 13.1. The number of non-ortho nitro benzene ring substituents is 1. The zero-order chi connectivity index (χ0) is 17.3. The maximum absolute atomic E-state index is 12.2. The first-order valence-corrected chi connectivity index (χ1v) is 7.40. The van der Waals surface area contributed by atoms with Gasteiger partial charge in [-0.1, -0.05) is 13.8 Å². The van der Waals surface area contributed by atoms with Crippen LogP contribution in [0.4, 0.5) is 11.4 Å². The summed E-state index contributed by atoms with van der Waals surface area (Å²) in [4.78, 5) is 26.7. The Morgan fingerprint density at radius 1 is 1.21 bits per heavy atom. The number of nitrogens with zero attached hydrogens (tertiary/aromatic N) is 2. The van der Waals surface area contributed by atoms with Crippen LogP contribution < -0.4 is 5.32 Å². The molecular weight excluding hydrogens is 310 g/mol. The molecule has 2 aromatic carbocycles. The molecule has 7 heteroatoms. The number of amides is 1. The summed E-state index contributed by atoms with van der Waals surface area (Å²) in [5.41, 5.74) is 2.17. The number of hydrogen-bond donors (Lipinski definition) is 1. The molecule has 0 atom stereocenters. The van der Waals surface area contributed by atoms with Crippen molar-refractivity contribution in [1.82, 2.24) is 4.98 Å². The molecule has 0 aliphatic rings. The van der Waals surface area contributed by atoms with E-state index in [1.807, 2.05) is 13.8 Å². The molecule has 1 heterocycles. The van der Waals surface area contributed by atoms with Gasteiger partial charge in [0.05, 0.1) is 4.92 Å². The van der Waals surface area contributed by atoms with Crippen molar-refractivity contribution >= 4 is 28.4 Å². The first kappa shape index (κ1) is 15.7. The van der Waals surface area contributed by atoms with E-state index in [2.05, 4.69) is 10.3 Å². The zero-order valence-electron chi connectivity index (χ0n) is 13.1. The van der Waals surface area contributed by atoms with Crippen LogP contribution >= 0.6 is 0 Å². The van der Waals surface area contributed by atoms with Gasteiger partial charge in [0, 0.05) is 35.4 Å². The molecule has 3 rings (SSSR count). The highest BCUT2D eigenvalue weighted by atomic mass is 16.6. The Morgan fingerprint density at radius 2 is 1.92 bits per heavy atom. The fourth-order valence-corrected chi connectivity index (χ4v) is 2.20. The Bertz CT molecular complexity index is 913. The van der Waals surface area contributed by atoms with E-state index in [1.54, 1.807) is 18.2 Å². The number of aromatic nitrogens is 1. The number of nitro benzene ring substituents is 1. The molecule has 1 aromatic heterocycles. The van der Waals surface area contributed by atoms with Crippen molar-refractivity contribution in [3.05, 3.63) is 64.0 Å². The summed E-state index contributed by atoms with van der Waals surface area (Å²) in [5.74, 6) is 0.465. The largest absolute Gasteiger partial charge is 0.440 e. The number of oxazole rings is 1. The number of nitrogens with one attached hydrogen (secondary N) is 1. The van der Waals surface area contributed by atoms with Crippen LogP contribution in [-0.2, 0) is 0 Å². The monoisotopic (exact) mass is 325 g/mol. The Balaban J connectivity index is 1.80. The van der Waals surface area contributed by atoms with Gasteiger partial charge in [0.1, 0.15) is 5.52 Å². The summed E-state index contributed by atoms with van der Waals surface area (Å²) in [6, 6.07) is 10.6. The summed E-state index contributed by atoms with van der Waals surface area (Å²) in [6.07, 6.45) is 0. The lowest BCUT2D eigenvalue weighted by molar-refractivity contribution is -0.384. The quantitative estimate of drug-likeness (QED) is 0.575. The predicted octanol–water partition coefficient (Wildman–Crippen LogP) is 4.11. The first-order chi connectivity index (χ1) is 11.4. The lowest BCUT2D eigenvalue weighted by atomic mass is 10.2. The van der Waals surface area contributed by atoms with Crippen LogP contribution in [0.15, 0.2) is 46.9 Å². The number of hydrogen-bond acceptors (Lipinski definition) is 5. The number of fused-ring (bicyclic) bond motifs is 1. The van der Waals surface area contributed by atoms with E-state index in [0.29, 0.717) is 22.7 Å². The summed E-state index contributed by atoms with van der Waals surface area (Å²) in [6.45, 7) is 3.98. The summed E-state index contributed by atoms with van der Waals surface area (Å²) >= 11 is 0. The van der Waals surface area contributed by atoms with Crippen LogP contribution in [-0.4, -0.2) is 15.8 Å². The molecule has 0 spiro atoms. The second-order valence-corrected chi connectivity index (χ2v) is 5.65. The van der Waals surface area contributed by atoms with Gasteiger partial charge in [-0.15, -0.1) is 0 Å². The molecule has 3 aromatic rings. The second kappa shape index (κ2) is 6.11. The lowest BCUT2D eigenvalue weighted by Gasteiger charge is -2.04. The highest BCUT2D eigenvalue weighted by molar-refractivity contribution is 6.05. The Morgan fingerprint density at radius 3 is 2.54 bits per heavy atom. The maximum Gasteiger partial charge on any atom is 0.269 e. The van der Waals surface area contributed by atoms with E-state index in [4.69, 9.17) is 4.42 Å². The molecule has 0 unspecified atom stereocenters. The van der Waals surface area contributed by atoms with Crippen molar-refractivity contribution < 1.29 is 14.1 Å². The van der Waals surface area contributed by atoms with Gasteiger partial charge in [-0.2, -0.15) is 0 Å². The average Bonchev–Trinajstić information content (AvgIpc) is 2.98. The topological polar surface area (TPSA) is 98.3 Å². The van der Waals surface area contributed by atoms with Crippen molar-refractivity contribution in [2.45, 2.75) is 19.8 Å². The molecule has 1 N–H and O–H groups in total. The van der Waals surface area contributed by atoms with Gasteiger partial charge in [0.2, 0.25) is 0 Å². The smallest absolute Gasteiger partial charge is 0.269 e. The molecule has 0 bridgehead atoms. The van der Waals surface area contributed by atoms with Crippen molar-refractivity contribution in [3.8, 4) is 0 Å². The fourth-order valence-electron chi connectivity index (χ4n) is 2.20. The second-order valence-electron chi connectivity index (χ2n) is 5.65. The molecule has 0 radical (unpaired) electrons. The molecule has 0 saturated heterocycles. The Hall–Kier alpha value is -3.22. The number of rotatable bonds is 4. The Labute approximate surface area is 137 Å². The highest BCUT2D eigenvalue weighted by Crippen LogP contribution is 2.24. The fraction of sp³-hybridized carbons (Fsp3) is 0.176. The number of nitro groups is 1. The van der Waals surface area contributed by atoms with Crippen LogP contribution in [0.3, 0.4) is 0 Å². The SMILES string of the molecule is CC(C)c1nc2ccc(NC(=O)c3ccc([N+](=O)[O-])cc3)cc2o1. The molecular formula is C17H15N3O4. The van der Waals surface area contributed by atoms with E-state index >= 15 is 0 Å². The molecule has 0 aliphatic heterocycles. The van der Waals surface area contributed by atoms with Crippen molar-refractivity contribution in [2.24, 2.45) is 0 Å². The first-order valence-electron chi connectivity index (χ1n) is 7.40. The van der Waals surface area contributed by atoms with E-state index in [1.165, 1.54) is 24.3 Å². The van der Waals surface area contributed by atoms with E-state index in [9.17, 15) is 14.9 Å². The van der Waals surface area contributed by atoms with Crippen LogP contribution in [0.25, 0.3) is 11.1 Å². The number of benzene rings is 2. The Kier molecular flexibility index (Phi) is 3.99. The summed E-state index contributed by atoms with van der Waals surface area (Å²) in [7, 11) is 0. The van der Waals surface area contributed by atoms with E-state index in [0.717, 1.165) is 5.52 Å². The maximum atomic E-state index is 12.2. The molecule has 24 heavy (non-hydrogen) atoms. The minimum absolute atomic E-state index is 0.0594. The van der Waals surface area contributed by atoms with Gasteiger partial charge in [0.25, 0.3) is 11.6 Å². The van der Waals surface area contributed by atoms with E-state index < -0.39 is 4.92 Å². The minimum Gasteiger partial charge on any atom is -0.440 e. The normalized spacial score (nSPS) is 11.0. The molecule has 122 valence electrons. The minimum atomic E-state index is -0.508. The van der Waals surface area contributed by atoms with Crippen LogP contribution in [0.5, 0.6) is 0 Å². The number of carbonyl (C=O) groups is 1. The van der Waals surface area contributed by atoms with Gasteiger partial charge in [-0.3, -0.25) is 14.9 Å². The predicted molar refractivity (Wildman–Crippen MR) is 89.1 cm³/mol. The standard InChI is InChI=1S/C17H15N3O4/c1-10(2)17-19-14-8-5-12(9-15(14)24-17)18-16(21)11-3-6-13(7-4-11)20(22)23/h3-10H,1-2H3,(H,18,21). The molecule has 0 saturated carbocycles. The lowest BCUT2D eigenvalue weighted by Crippen LogP contribution is -2.11. The number of anilines is 1. The third kappa shape index (κ3) is 3.10. The van der Waals surface area contributed by atoms with Gasteiger partial charge in [0.15, 0.2) is 11.5 Å². The molecule has 7 nitrogen and oxygen atoms in total. The van der Waals surface area contributed by atoms with E-state index in [-0.39, 0.29) is 17.5 Å². The third-order valence-corrected chi connectivity index (χ3v) is 3.50. The highest BCUT2D eigenvalue weighted by Gasteiger charge is 2.12. The summed E-state index contributed by atoms with van der Waals surface area (Å²) < 4.78 is 5.66. The van der Waals surface area contributed by atoms with Crippen molar-refractivity contribution in [1.29, 1.82) is 0 Å². The molecule has 0 aliphatic carbocycles. The van der Waals surface area contributed by atoms with Crippen LogP contribution in [0, 0.1) is 10.1 Å². The van der Waals surface area contributed by atoms with Crippen LogP contribution in [0.1, 0.15) is 36.0 Å². The summed E-state index contributed by atoms with van der Waals surface area (Å²) in [5, 5.41) is 13.4. The van der Waals surface area contributed by atoms with Gasteiger partial charge >= 0.3 is 0 Å². The third-order valence-electron chi connectivity index (χ3n) is 3.50. The van der Waals surface area contributed by atoms with Crippen molar-refractivity contribution in [3.63, 3.8) is 0 Å². The average molecular weight is 325 g/mol. The molecule has 1 amide bonds. The van der Waals surface area contributed by atoms with Gasteiger partial charge in [-0.25, -0.2) is 4.98 Å². The molecule has 0 fully saturated rings. The van der Waals surface area contributed by atoms with Crippen molar-refractivity contribution in [2.75, 3.05) is 5.32 Å². The van der Waals surface area contributed by atoms with Gasteiger partial charge in [-0.05, 0) is 24.3 Å². The number of carbonyl (C=O) groups excluding carboxylic acids is 1.